The van der Waals surface area contributed by atoms with Gasteiger partial charge in [-0.05, 0) is 30.2 Å². The Labute approximate surface area is 135 Å². The van der Waals surface area contributed by atoms with Crippen molar-refractivity contribution >= 4 is 17.6 Å². The van der Waals surface area contributed by atoms with Crippen molar-refractivity contribution < 1.29 is 14.6 Å². The van der Waals surface area contributed by atoms with Crippen molar-refractivity contribution in [3.8, 4) is 0 Å². The molecule has 0 aliphatic heterocycles. The van der Waals surface area contributed by atoms with E-state index < -0.39 is 11.6 Å². The molecule has 0 bridgehead atoms. The van der Waals surface area contributed by atoms with Gasteiger partial charge in [0.05, 0.1) is 13.0 Å². The zero-order chi connectivity index (χ0) is 16.0. The third-order valence-electron chi connectivity index (χ3n) is 3.44. The number of esters is 1. The van der Waals surface area contributed by atoms with Gasteiger partial charge in [0.1, 0.15) is 5.60 Å². The molecule has 0 saturated heterocycles. The van der Waals surface area contributed by atoms with Gasteiger partial charge >= 0.3 is 5.97 Å². The molecule has 2 aromatic carbocycles. The standard InChI is InChI=1S/C18H19ClO3/c1-2-22-17(20)13-18(21,15-8-4-3-5-9-15)12-14-7-6-10-16(19)11-14/h3-11,21H,2,12-13H2,1H3. The maximum absolute atomic E-state index is 11.9. The lowest BCUT2D eigenvalue weighted by Gasteiger charge is -2.28. The summed E-state index contributed by atoms with van der Waals surface area (Å²) in [5.41, 5.74) is 0.226. The van der Waals surface area contributed by atoms with Crippen LogP contribution in [-0.4, -0.2) is 17.7 Å². The van der Waals surface area contributed by atoms with Gasteiger partial charge in [0.15, 0.2) is 0 Å². The first-order valence-corrected chi connectivity index (χ1v) is 7.59. The number of aliphatic hydroxyl groups is 1. The second kappa shape index (κ2) is 7.43. The number of carbonyl (C=O) groups excluding carboxylic acids is 1. The van der Waals surface area contributed by atoms with Gasteiger partial charge in [-0.3, -0.25) is 4.79 Å². The van der Waals surface area contributed by atoms with Crippen LogP contribution in [-0.2, 0) is 21.6 Å². The van der Waals surface area contributed by atoms with E-state index in [0.29, 0.717) is 17.2 Å². The van der Waals surface area contributed by atoms with Crippen LogP contribution in [0.15, 0.2) is 54.6 Å². The van der Waals surface area contributed by atoms with Gasteiger partial charge in [0, 0.05) is 11.4 Å². The molecule has 0 heterocycles. The predicted octanol–water partition coefficient (Wildman–Crippen LogP) is 3.72. The highest BCUT2D eigenvalue weighted by Gasteiger charge is 2.33. The van der Waals surface area contributed by atoms with Crippen LogP contribution in [0.4, 0.5) is 0 Å². The van der Waals surface area contributed by atoms with Gasteiger partial charge < -0.3 is 9.84 Å². The number of benzene rings is 2. The molecular weight excluding hydrogens is 300 g/mol. The molecule has 0 saturated carbocycles. The van der Waals surface area contributed by atoms with Gasteiger partial charge in [-0.1, -0.05) is 54.1 Å². The van der Waals surface area contributed by atoms with E-state index in [1.54, 1.807) is 19.1 Å². The third-order valence-corrected chi connectivity index (χ3v) is 3.67. The average molecular weight is 319 g/mol. The van der Waals surface area contributed by atoms with Crippen LogP contribution in [0.3, 0.4) is 0 Å². The van der Waals surface area contributed by atoms with E-state index in [1.807, 2.05) is 42.5 Å². The average Bonchev–Trinajstić information content (AvgIpc) is 2.48. The van der Waals surface area contributed by atoms with E-state index in [9.17, 15) is 9.90 Å². The second-order valence-corrected chi connectivity index (χ2v) is 5.62. The van der Waals surface area contributed by atoms with E-state index in [1.165, 1.54) is 0 Å². The van der Waals surface area contributed by atoms with Crippen LogP contribution in [0.5, 0.6) is 0 Å². The normalized spacial score (nSPS) is 13.4. The van der Waals surface area contributed by atoms with Crippen LogP contribution in [0.2, 0.25) is 5.02 Å². The summed E-state index contributed by atoms with van der Waals surface area (Å²) in [5, 5.41) is 11.7. The maximum atomic E-state index is 11.9. The Kier molecular flexibility index (Phi) is 5.58. The van der Waals surface area contributed by atoms with Crippen molar-refractivity contribution in [1.29, 1.82) is 0 Å². The minimum absolute atomic E-state index is 0.0998. The fourth-order valence-corrected chi connectivity index (χ4v) is 2.66. The van der Waals surface area contributed by atoms with Crippen LogP contribution in [0.1, 0.15) is 24.5 Å². The number of halogens is 1. The fourth-order valence-electron chi connectivity index (χ4n) is 2.45. The van der Waals surface area contributed by atoms with Crippen molar-refractivity contribution in [3.63, 3.8) is 0 Å². The summed E-state index contributed by atoms with van der Waals surface area (Å²) in [5.74, 6) is -0.420. The van der Waals surface area contributed by atoms with Gasteiger partial charge in [-0.25, -0.2) is 0 Å². The summed E-state index contributed by atoms with van der Waals surface area (Å²) in [6, 6.07) is 16.4. The van der Waals surface area contributed by atoms with E-state index in [4.69, 9.17) is 16.3 Å². The zero-order valence-corrected chi connectivity index (χ0v) is 13.2. The Bertz CT molecular complexity index is 627. The minimum Gasteiger partial charge on any atom is -0.466 e. The monoisotopic (exact) mass is 318 g/mol. The van der Waals surface area contributed by atoms with E-state index in [2.05, 4.69) is 0 Å². The molecule has 116 valence electrons. The van der Waals surface area contributed by atoms with Crippen molar-refractivity contribution in [2.75, 3.05) is 6.61 Å². The Morgan fingerprint density at radius 1 is 1.18 bits per heavy atom. The van der Waals surface area contributed by atoms with Gasteiger partial charge in [0.25, 0.3) is 0 Å². The molecule has 1 N–H and O–H groups in total. The summed E-state index contributed by atoms with van der Waals surface area (Å²) >= 11 is 6.00. The molecule has 2 rings (SSSR count). The summed E-state index contributed by atoms with van der Waals surface area (Å²) in [6.07, 6.45) is 0.188. The Morgan fingerprint density at radius 2 is 1.91 bits per heavy atom. The Balaban J connectivity index is 2.30. The van der Waals surface area contributed by atoms with Crippen molar-refractivity contribution in [2.24, 2.45) is 0 Å². The van der Waals surface area contributed by atoms with Crippen LogP contribution < -0.4 is 0 Å². The van der Waals surface area contributed by atoms with Crippen LogP contribution in [0.25, 0.3) is 0 Å². The van der Waals surface area contributed by atoms with E-state index in [-0.39, 0.29) is 12.8 Å². The highest BCUT2D eigenvalue weighted by Crippen LogP contribution is 2.30. The minimum atomic E-state index is -1.32. The number of carbonyl (C=O) groups is 1. The molecule has 2 aromatic rings. The Hall–Kier alpha value is -1.84. The number of hydrogen-bond donors (Lipinski definition) is 1. The molecule has 0 aliphatic carbocycles. The molecule has 3 nitrogen and oxygen atoms in total. The topological polar surface area (TPSA) is 46.5 Å². The van der Waals surface area contributed by atoms with Crippen LogP contribution >= 0.6 is 11.6 Å². The maximum Gasteiger partial charge on any atom is 0.309 e. The number of rotatable bonds is 6. The van der Waals surface area contributed by atoms with E-state index >= 15 is 0 Å². The quantitative estimate of drug-likeness (QED) is 0.826. The van der Waals surface area contributed by atoms with Gasteiger partial charge in [-0.2, -0.15) is 0 Å². The molecule has 0 radical (unpaired) electrons. The molecule has 4 heteroatoms. The lowest BCUT2D eigenvalue weighted by Crippen LogP contribution is -2.32. The first kappa shape index (κ1) is 16.5. The summed E-state index contributed by atoms with van der Waals surface area (Å²) < 4.78 is 5.00. The number of hydrogen-bond acceptors (Lipinski definition) is 3. The summed E-state index contributed by atoms with van der Waals surface area (Å²) in [7, 11) is 0. The van der Waals surface area contributed by atoms with Crippen molar-refractivity contribution in [3.05, 3.63) is 70.7 Å². The third kappa shape index (κ3) is 4.33. The molecule has 0 aromatic heterocycles. The van der Waals surface area contributed by atoms with Gasteiger partial charge in [-0.15, -0.1) is 0 Å². The first-order chi connectivity index (χ1) is 10.5. The largest absolute Gasteiger partial charge is 0.466 e. The van der Waals surface area contributed by atoms with Crippen molar-refractivity contribution in [1.82, 2.24) is 0 Å². The molecular formula is C18H19ClO3. The Morgan fingerprint density at radius 3 is 2.55 bits per heavy atom. The highest BCUT2D eigenvalue weighted by molar-refractivity contribution is 6.30. The molecule has 0 amide bonds. The predicted molar refractivity (Wildman–Crippen MR) is 86.7 cm³/mol. The second-order valence-electron chi connectivity index (χ2n) is 5.19. The first-order valence-electron chi connectivity index (χ1n) is 7.21. The van der Waals surface area contributed by atoms with E-state index in [0.717, 1.165) is 5.56 Å². The summed E-state index contributed by atoms with van der Waals surface area (Å²) in [6.45, 7) is 2.04. The smallest absolute Gasteiger partial charge is 0.309 e. The lowest BCUT2D eigenvalue weighted by atomic mass is 9.84. The van der Waals surface area contributed by atoms with Crippen LogP contribution in [0, 0.1) is 0 Å². The molecule has 0 spiro atoms. The fraction of sp³-hybridized carbons (Fsp3) is 0.278. The lowest BCUT2D eigenvalue weighted by molar-refractivity contribution is -0.149. The zero-order valence-electron chi connectivity index (χ0n) is 12.5. The molecule has 1 atom stereocenters. The van der Waals surface area contributed by atoms with Gasteiger partial charge in [0.2, 0.25) is 0 Å². The molecule has 1 unspecified atom stereocenters. The highest BCUT2D eigenvalue weighted by atomic mass is 35.5. The SMILES string of the molecule is CCOC(=O)CC(O)(Cc1cccc(Cl)c1)c1ccccc1. The molecule has 0 aliphatic rings. The summed E-state index contributed by atoms with van der Waals surface area (Å²) in [4.78, 5) is 11.9. The van der Waals surface area contributed by atoms with Crippen molar-refractivity contribution in [2.45, 2.75) is 25.4 Å². The molecule has 0 fully saturated rings. The number of ether oxygens (including phenoxy) is 1. The molecule has 22 heavy (non-hydrogen) atoms.